The maximum absolute atomic E-state index is 13.9. The maximum Gasteiger partial charge on any atom is 0.277 e. The monoisotopic (exact) mass is 461 g/mol. The molecule has 33 heavy (non-hydrogen) atoms. The molecule has 10 heteroatoms. The van der Waals surface area contributed by atoms with E-state index in [-0.39, 0.29) is 42.2 Å². The van der Waals surface area contributed by atoms with E-state index in [2.05, 4.69) is 0 Å². The lowest BCUT2D eigenvalue weighted by molar-refractivity contribution is 0.0419. The van der Waals surface area contributed by atoms with Crippen molar-refractivity contribution in [1.29, 1.82) is 0 Å². The highest BCUT2D eigenvalue weighted by atomic mass is 19.1. The molecule has 0 atom stereocenters. The number of aryl methyl sites for hydroxylation is 1. The molecule has 2 aliphatic rings. The molecular formula is C23H25F2N3O5. The number of pyridine rings is 1. The van der Waals surface area contributed by atoms with Gasteiger partial charge in [-0.05, 0) is 36.8 Å². The number of Topliss-reactive ketones (excluding diaryl/α,β-unsaturated/α-hetero) is 1. The predicted molar refractivity (Wildman–Crippen MR) is 115 cm³/mol. The molecule has 4 rings (SSSR count). The van der Waals surface area contributed by atoms with Crippen LogP contribution in [0.15, 0.2) is 29.2 Å². The van der Waals surface area contributed by atoms with Gasteiger partial charge in [-0.2, -0.15) is 0 Å². The van der Waals surface area contributed by atoms with E-state index in [0.29, 0.717) is 19.8 Å². The van der Waals surface area contributed by atoms with Crippen molar-refractivity contribution < 1.29 is 28.2 Å². The molecule has 0 spiro atoms. The van der Waals surface area contributed by atoms with Crippen LogP contribution in [-0.4, -0.2) is 59.8 Å². The van der Waals surface area contributed by atoms with Gasteiger partial charge in [0.25, 0.3) is 5.91 Å². The number of fused-ring (bicyclic) bond motifs is 1. The average molecular weight is 461 g/mol. The quantitative estimate of drug-likeness (QED) is 0.663. The van der Waals surface area contributed by atoms with Crippen LogP contribution in [0, 0.1) is 17.6 Å². The molecule has 1 aromatic carbocycles. The van der Waals surface area contributed by atoms with Crippen LogP contribution in [0.25, 0.3) is 0 Å². The first kappa shape index (κ1) is 22.9. The Balaban J connectivity index is 1.56. The van der Waals surface area contributed by atoms with E-state index >= 15 is 0 Å². The smallest absolute Gasteiger partial charge is 0.277 e. The van der Waals surface area contributed by atoms with Crippen LogP contribution in [0.3, 0.4) is 0 Å². The molecule has 8 nitrogen and oxygen atoms in total. The van der Waals surface area contributed by atoms with Gasteiger partial charge >= 0.3 is 0 Å². The normalized spacial score (nSPS) is 16.8. The molecule has 1 aromatic heterocycles. The van der Waals surface area contributed by atoms with E-state index in [1.807, 2.05) is 0 Å². The molecule has 0 aliphatic carbocycles. The van der Waals surface area contributed by atoms with Gasteiger partial charge in [0, 0.05) is 45.5 Å². The second-order valence-electron chi connectivity index (χ2n) is 8.45. The van der Waals surface area contributed by atoms with E-state index in [1.54, 1.807) is 17.0 Å². The third-order valence-electron chi connectivity index (χ3n) is 6.15. The van der Waals surface area contributed by atoms with Gasteiger partial charge in [0.1, 0.15) is 18.3 Å². The van der Waals surface area contributed by atoms with Gasteiger partial charge in [-0.1, -0.05) is 6.07 Å². The number of ketones is 1. The molecule has 3 heterocycles. The fraction of sp³-hybridized carbons (Fsp3) is 0.435. The Morgan fingerprint density at radius 1 is 1.21 bits per heavy atom. The van der Waals surface area contributed by atoms with Gasteiger partial charge in [-0.25, -0.2) is 8.78 Å². The Morgan fingerprint density at radius 2 is 1.94 bits per heavy atom. The highest BCUT2D eigenvalue weighted by Gasteiger charge is 2.34. The zero-order valence-electron chi connectivity index (χ0n) is 18.2. The number of ether oxygens (including phenoxy) is 1. The van der Waals surface area contributed by atoms with Crippen LogP contribution in [0.4, 0.5) is 8.78 Å². The van der Waals surface area contributed by atoms with Gasteiger partial charge in [-0.15, -0.1) is 0 Å². The lowest BCUT2D eigenvalue weighted by Gasteiger charge is -2.39. The summed E-state index contributed by atoms with van der Waals surface area (Å²) in [5.41, 5.74) is -1.29. The summed E-state index contributed by atoms with van der Waals surface area (Å²) in [4.78, 5) is 40.1. The zero-order valence-corrected chi connectivity index (χ0v) is 18.2. The van der Waals surface area contributed by atoms with Crippen LogP contribution >= 0.6 is 0 Å². The van der Waals surface area contributed by atoms with Crippen LogP contribution in [-0.2, 0) is 11.2 Å². The van der Waals surface area contributed by atoms with Crippen molar-refractivity contribution in [3.05, 3.63) is 63.1 Å². The second kappa shape index (κ2) is 9.30. The summed E-state index contributed by atoms with van der Waals surface area (Å²) < 4.78 is 33.6. The Kier molecular flexibility index (Phi) is 6.46. The minimum Gasteiger partial charge on any atom is -0.502 e. The minimum atomic E-state index is -0.944. The summed E-state index contributed by atoms with van der Waals surface area (Å²) in [7, 11) is 1.68. The highest BCUT2D eigenvalue weighted by Crippen LogP contribution is 2.24. The third-order valence-corrected chi connectivity index (χ3v) is 6.15. The van der Waals surface area contributed by atoms with Gasteiger partial charge in [0.05, 0.1) is 5.56 Å². The van der Waals surface area contributed by atoms with Crippen molar-refractivity contribution in [2.24, 2.45) is 5.92 Å². The molecular weight excluding hydrogens is 436 g/mol. The molecule has 1 N–H and O–H groups in total. The Bertz CT molecular complexity index is 1140. The molecule has 0 radical (unpaired) electrons. The molecule has 176 valence electrons. The number of hydrogen-bond acceptors (Lipinski definition) is 6. The number of benzene rings is 1. The molecule has 2 aromatic rings. The van der Waals surface area contributed by atoms with E-state index < -0.39 is 34.5 Å². The minimum absolute atomic E-state index is 0.0411. The predicted octanol–water partition coefficient (Wildman–Crippen LogP) is 2.06. The van der Waals surface area contributed by atoms with E-state index in [9.17, 15) is 28.3 Å². The standard InChI is InChI=1S/C23H25F2N3O5/c1-26-13-27(11-14-6-8-33-9-7-14)23(32)20-22(31)21(30)17(12-28(20)26)19(29)5-3-15-2-4-16(24)10-18(15)25/h2,4,10,12,14,31H,3,5-9,11,13H2,1H3. The zero-order chi connectivity index (χ0) is 23.7. The largest absolute Gasteiger partial charge is 0.502 e. The van der Waals surface area contributed by atoms with Crippen molar-refractivity contribution in [2.75, 3.05) is 38.5 Å². The molecule has 1 amide bonds. The fourth-order valence-electron chi connectivity index (χ4n) is 4.27. The summed E-state index contributed by atoms with van der Waals surface area (Å²) in [6, 6.07) is 3.07. The first-order chi connectivity index (χ1) is 15.8. The molecule has 0 bridgehead atoms. The number of carbonyl (C=O) groups is 2. The van der Waals surface area contributed by atoms with Crippen molar-refractivity contribution in [1.82, 2.24) is 9.58 Å². The highest BCUT2D eigenvalue weighted by molar-refractivity contribution is 6.00. The lowest BCUT2D eigenvalue weighted by Crippen LogP contribution is -2.54. The van der Waals surface area contributed by atoms with Crippen LogP contribution < -0.4 is 10.4 Å². The van der Waals surface area contributed by atoms with Crippen molar-refractivity contribution >= 4 is 11.7 Å². The Hall–Kier alpha value is -3.27. The van der Waals surface area contributed by atoms with Crippen LogP contribution in [0.5, 0.6) is 5.75 Å². The average Bonchev–Trinajstić information content (AvgIpc) is 2.79. The number of nitrogens with zero attached hydrogens (tertiary/aromatic N) is 3. The van der Waals surface area contributed by atoms with Crippen molar-refractivity contribution in [2.45, 2.75) is 25.7 Å². The molecule has 0 saturated carbocycles. The first-order valence-corrected chi connectivity index (χ1v) is 10.8. The van der Waals surface area contributed by atoms with Gasteiger partial charge < -0.3 is 14.7 Å². The van der Waals surface area contributed by atoms with Crippen molar-refractivity contribution in [3.63, 3.8) is 0 Å². The topological polar surface area (TPSA) is 92.1 Å². The fourth-order valence-corrected chi connectivity index (χ4v) is 4.27. The van der Waals surface area contributed by atoms with Crippen LogP contribution in [0.2, 0.25) is 0 Å². The number of halogens is 2. The summed E-state index contributed by atoms with van der Waals surface area (Å²) >= 11 is 0. The third kappa shape index (κ3) is 4.61. The summed E-state index contributed by atoms with van der Waals surface area (Å²) in [6.07, 6.45) is 2.64. The number of rotatable bonds is 6. The molecule has 1 fully saturated rings. The molecule has 1 saturated heterocycles. The van der Waals surface area contributed by atoms with Crippen LogP contribution in [0.1, 0.15) is 45.7 Å². The Labute approximate surface area is 188 Å². The number of carbonyl (C=O) groups excluding carboxylic acids is 2. The summed E-state index contributed by atoms with van der Waals surface area (Å²) in [5.74, 6) is -3.12. The number of hydrogen-bond donors (Lipinski definition) is 1. The summed E-state index contributed by atoms with van der Waals surface area (Å²) in [6.45, 7) is 1.97. The molecule has 2 aliphatic heterocycles. The number of amides is 1. The lowest BCUT2D eigenvalue weighted by atomic mass is 9.99. The first-order valence-electron chi connectivity index (χ1n) is 10.8. The van der Waals surface area contributed by atoms with Gasteiger partial charge in [0.2, 0.25) is 5.43 Å². The number of aromatic hydroxyl groups is 1. The van der Waals surface area contributed by atoms with E-state index in [0.717, 1.165) is 25.0 Å². The van der Waals surface area contributed by atoms with Gasteiger partial charge in [-0.3, -0.25) is 24.1 Å². The maximum atomic E-state index is 13.9. The number of aromatic nitrogens is 1. The van der Waals surface area contributed by atoms with Gasteiger partial charge in [0.15, 0.2) is 17.2 Å². The second-order valence-corrected chi connectivity index (χ2v) is 8.45. The Morgan fingerprint density at radius 3 is 2.64 bits per heavy atom. The summed E-state index contributed by atoms with van der Waals surface area (Å²) in [5, 5.41) is 12.2. The molecule has 0 unspecified atom stereocenters. The SMILES string of the molecule is CN1CN(CC2CCOCC2)C(=O)c2c(O)c(=O)c(C(=O)CCc3ccc(F)cc3F)cn21. The van der Waals surface area contributed by atoms with E-state index in [4.69, 9.17) is 4.74 Å². The van der Waals surface area contributed by atoms with Crippen molar-refractivity contribution in [3.8, 4) is 5.75 Å². The van der Waals surface area contributed by atoms with E-state index in [1.165, 1.54) is 16.9 Å².